The number of aliphatic hydroxyl groups is 1. The zero-order valence-corrected chi connectivity index (χ0v) is 13.6. The summed E-state index contributed by atoms with van der Waals surface area (Å²) in [6.07, 6.45) is 2.40. The molecule has 0 aromatic carbocycles. The molecule has 0 spiro atoms. The highest BCUT2D eigenvalue weighted by Crippen LogP contribution is 2.44. The molecule has 3 fully saturated rings. The Morgan fingerprint density at radius 2 is 2.17 bits per heavy atom. The van der Waals surface area contributed by atoms with Gasteiger partial charge < -0.3 is 19.1 Å². The van der Waals surface area contributed by atoms with Crippen molar-refractivity contribution < 1.29 is 19.1 Å². The van der Waals surface area contributed by atoms with E-state index in [0.717, 1.165) is 31.8 Å². The highest BCUT2D eigenvalue weighted by molar-refractivity contribution is 5.06. The van der Waals surface area contributed by atoms with Gasteiger partial charge in [0.1, 0.15) is 0 Å². The van der Waals surface area contributed by atoms with Crippen LogP contribution in [0.4, 0.5) is 0 Å². The maximum absolute atomic E-state index is 11.3. The minimum absolute atomic E-state index is 0.122. The fourth-order valence-corrected chi connectivity index (χ4v) is 4.43. The number of aryl methyl sites for hydroxylation is 1. The van der Waals surface area contributed by atoms with E-state index in [1.54, 1.807) is 0 Å². The molecule has 3 aliphatic heterocycles. The van der Waals surface area contributed by atoms with Gasteiger partial charge in [-0.3, -0.25) is 4.90 Å². The second-order valence-corrected chi connectivity index (χ2v) is 6.94. The maximum atomic E-state index is 11.3. The van der Waals surface area contributed by atoms with Gasteiger partial charge in [0, 0.05) is 50.5 Å². The van der Waals surface area contributed by atoms with Gasteiger partial charge in [0.15, 0.2) is 5.82 Å². The summed E-state index contributed by atoms with van der Waals surface area (Å²) in [6.45, 7) is 6.11. The monoisotopic (exact) mass is 323 g/mol. The van der Waals surface area contributed by atoms with Gasteiger partial charge in [0.2, 0.25) is 5.89 Å². The van der Waals surface area contributed by atoms with Crippen molar-refractivity contribution in [3.63, 3.8) is 0 Å². The van der Waals surface area contributed by atoms with Crippen molar-refractivity contribution in [1.29, 1.82) is 0 Å². The van der Waals surface area contributed by atoms with E-state index >= 15 is 0 Å². The van der Waals surface area contributed by atoms with E-state index in [-0.39, 0.29) is 11.8 Å². The molecule has 3 saturated heterocycles. The number of nitrogens with zero attached hydrogens (tertiary/aromatic N) is 3. The topological polar surface area (TPSA) is 80.9 Å². The first-order valence-corrected chi connectivity index (χ1v) is 8.64. The van der Waals surface area contributed by atoms with Crippen molar-refractivity contribution in [3.05, 3.63) is 11.7 Å². The zero-order valence-electron chi connectivity index (χ0n) is 13.6. The van der Waals surface area contributed by atoms with E-state index in [1.807, 2.05) is 6.92 Å². The summed E-state index contributed by atoms with van der Waals surface area (Å²) in [6, 6.07) is 0.312. The van der Waals surface area contributed by atoms with Crippen molar-refractivity contribution in [2.75, 3.05) is 33.0 Å². The minimum atomic E-state index is -0.661. The molecule has 0 radical (unpaired) electrons. The summed E-state index contributed by atoms with van der Waals surface area (Å²) in [5, 5.41) is 15.4. The Balaban J connectivity index is 1.57. The second-order valence-electron chi connectivity index (χ2n) is 6.94. The van der Waals surface area contributed by atoms with Crippen LogP contribution in [0, 0.1) is 11.8 Å². The van der Waals surface area contributed by atoms with Crippen LogP contribution in [-0.2, 0) is 22.4 Å². The van der Waals surface area contributed by atoms with Crippen molar-refractivity contribution in [2.24, 2.45) is 11.8 Å². The van der Waals surface area contributed by atoms with Gasteiger partial charge in [-0.15, -0.1) is 0 Å². The summed E-state index contributed by atoms with van der Waals surface area (Å²) in [7, 11) is 0. The molecule has 4 heterocycles. The van der Waals surface area contributed by atoms with Crippen LogP contribution in [0.2, 0.25) is 0 Å². The Kier molecular flexibility index (Phi) is 4.13. The van der Waals surface area contributed by atoms with Crippen LogP contribution in [0.1, 0.15) is 31.5 Å². The van der Waals surface area contributed by atoms with Crippen LogP contribution in [0.5, 0.6) is 0 Å². The van der Waals surface area contributed by atoms with Gasteiger partial charge in [0.25, 0.3) is 0 Å². The number of piperidine rings is 1. The first kappa shape index (κ1) is 15.5. The van der Waals surface area contributed by atoms with Crippen LogP contribution < -0.4 is 0 Å². The first-order chi connectivity index (χ1) is 11.2. The molecule has 7 heteroatoms. The standard InChI is InChI=1S/C16H25N3O4/c1-2-15-17-14(18-23-15)8-19-7-11-9-22-6-4-16(11,20)12-10-21-5-3-13(12)19/h11-13,20H,2-10H2,1H3/t11-,12+,13-,16-/m1/s1. The number of ether oxygens (including phenoxy) is 2. The molecule has 4 atom stereocenters. The van der Waals surface area contributed by atoms with Crippen LogP contribution in [-0.4, -0.2) is 64.8 Å². The van der Waals surface area contributed by atoms with E-state index in [4.69, 9.17) is 14.0 Å². The molecule has 0 unspecified atom stereocenters. The molecule has 1 aromatic rings. The summed E-state index contributed by atoms with van der Waals surface area (Å²) in [5.74, 6) is 1.67. The van der Waals surface area contributed by atoms with Crippen LogP contribution >= 0.6 is 0 Å². The highest BCUT2D eigenvalue weighted by Gasteiger charge is 2.55. The Bertz CT molecular complexity index is 551. The summed E-state index contributed by atoms with van der Waals surface area (Å²) in [4.78, 5) is 6.83. The third kappa shape index (κ3) is 2.69. The number of likely N-dealkylation sites (tertiary alicyclic amines) is 1. The van der Waals surface area contributed by atoms with Gasteiger partial charge in [-0.05, 0) is 6.42 Å². The summed E-state index contributed by atoms with van der Waals surface area (Å²) < 4.78 is 16.6. The van der Waals surface area contributed by atoms with E-state index in [1.165, 1.54) is 0 Å². The first-order valence-electron chi connectivity index (χ1n) is 8.64. The minimum Gasteiger partial charge on any atom is -0.389 e. The van der Waals surface area contributed by atoms with Crippen LogP contribution in [0.25, 0.3) is 0 Å². The number of fused-ring (bicyclic) bond motifs is 3. The molecular formula is C16H25N3O4. The Morgan fingerprint density at radius 3 is 3.00 bits per heavy atom. The molecule has 1 N–H and O–H groups in total. The second kappa shape index (κ2) is 6.12. The van der Waals surface area contributed by atoms with Gasteiger partial charge >= 0.3 is 0 Å². The van der Waals surface area contributed by atoms with E-state index in [2.05, 4.69) is 15.0 Å². The third-order valence-corrected chi connectivity index (χ3v) is 5.72. The molecule has 0 saturated carbocycles. The number of aromatic nitrogens is 2. The lowest BCUT2D eigenvalue weighted by atomic mass is 9.66. The lowest BCUT2D eigenvalue weighted by Crippen LogP contribution is -2.67. The molecular weight excluding hydrogens is 298 g/mol. The predicted molar refractivity (Wildman–Crippen MR) is 80.7 cm³/mol. The Hall–Kier alpha value is -1.02. The normalized spacial score (nSPS) is 38.1. The molecule has 0 amide bonds. The maximum Gasteiger partial charge on any atom is 0.226 e. The van der Waals surface area contributed by atoms with Gasteiger partial charge in [0.05, 0.1) is 25.4 Å². The average molecular weight is 323 g/mol. The Morgan fingerprint density at radius 1 is 1.30 bits per heavy atom. The third-order valence-electron chi connectivity index (χ3n) is 5.72. The largest absolute Gasteiger partial charge is 0.389 e. The van der Waals surface area contributed by atoms with Gasteiger partial charge in [-0.25, -0.2) is 0 Å². The Labute approximate surface area is 135 Å². The molecule has 1 aromatic heterocycles. The van der Waals surface area contributed by atoms with Crippen molar-refractivity contribution in [2.45, 2.75) is 44.4 Å². The lowest BCUT2D eigenvalue weighted by molar-refractivity contribution is -0.221. The predicted octanol–water partition coefficient (Wildman–Crippen LogP) is 0.620. The molecule has 0 aliphatic carbocycles. The molecule has 128 valence electrons. The van der Waals surface area contributed by atoms with E-state index in [0.29, 0.717) is 44.7 Å². The van der Waals surface area contributed by atoms with Gasteiger partial charge in [-0.1, -0.05) is 12.1 Å². The molecule has 4 rings (SSSR count). The van der Waals surface area contributed by atoms with E-state index in [9.17, 15) is 5.11 Å². The summed E-state index contributed by atoms with van der Waals surface area (Å²) in [5.41, 5.74) is -0.661. The highest BCUT2D eigenvalue weighted by atomic mass is 16.5. The fourth-order valence-electron chi connectivity index (χ4n) is 4.43. The van der Waals surface area contributed by atoms with Crippen molar-refractivity contribution in [3.8, 4) is 0 Å². The lowest BCUT2D eigenvalue weighted by Gasteiger charge is -2.57. The van der Waals surface area contributed by atoms with E-state index < -0.39 is 5.60 Å². The quantitative estimate of drug-likeness (QED) is 0.873. The number of hydrogen-bond donors (Lipinski definition) is 1. The molecule has 3 aliphatic rings. The summed E-state index contributed by atoms with van der Waals surface area (Å²) >= 11 is 0. The molecule has 0 bridgehead atoms. The number of rotatable bonds is 3. The van der Waals surface area contributed by atoms with Crippen molar-refractivity contribution in [1.82, 2.24) is 15.0 Å². The SMILES string of the molecule is CCc1nc(CN2C[C@@H]3COCC[C@]3(O)[C@H]3COCC[C@H]32)no1. The smallest absolute Gasteiger partial charge is 0.226 e. The fraction of sp³-hybridized carbons (Fsp3) is 0.875. The van der Waals surface area contributed by atoms with Crippen LogP contribution in [0.3, 0.4) is 0 Å². The van der Waals surface area contributed by atoms with Crippen LogP contribution in [0.15, 0.2) is 4.52 Å². The van der Waals surface area contributed by atoms with Gasteiger partial charge in [-0.2, -0.15) is 4.98 Å². The molecule has 23 heavy (non-hydrogen) atoms. The zero-order chi connectivity index (χ0) is 15.9. The average Bonchev–Trinajstić information content (AvgIpc) is 3.03. The molecule has 7 nitrogen and oxygen atoms in total. The number of hydrogen-bond acceptors (Lipinski definition) is 7. The van der Waals surface area contributed by atoms with Crippen molar-refractivity contribution >= 4 is 0 Å².